The van der Waals surface area contributed by atoms with Crippen LogP contribution in [0.25, 0.3) is 0 Å². The molecule has 0 aromatic heterocycles. The number of benzene rings is 1. The van der Waals surface area contributed by atoms with Gasteiger partial charge in [0.15, 0.2) is 5.84 Å². The van der Waals surface area contributed by atoms with Crippen LogP contribution in [-0.2, 0) is 4.74 Å². The van der Waals surface area contributed by atoms with Gasteiger partial charge in [0.05, 0.1) is 11.4 Å². The zero-order valence-corrected chi connectivity index (χ0v) is 12.9. The fourth-order valence-electron chi connectivity index (χ4n) is 1.37. The van der Waals surface area contributed by atoms with Crippen LogP contribution in [-0.4, -0.2) is 23.2 Å². The van der Waals surface area contributed by atoms with Crippen molar-refractivity contribution in [1.82, 2.24) is 0 Å². The lowest BCUT2D eigenvalue weighted by Gasteiger charge is -2.20. The van der Waals surface area contributed by atoms with Gasteiger partial charge in [0.1, 0.15) is 17.5 Å². The summed E-state index contributed by atoms with van der Waals surface area (Å²) in [6.45, 7) is 5.04. The molecule has 5 N–H and O–H groups in total. The second-order valence-electron chi connectivity index (χ2n) is 5.42. The Morgan fingerprint density at radius 3 is 2.65 bits per heavy atom. The molecule has 0 aliphatic rings. The molecule has 8 nitrogen and oxygen atoms in total. The van der Waals surface area contributed by atoms with Gasteiger partial charge in [-0.05, 0) is 39.0 Å². The van der Waals surface area contributed by atoms with E-state index in [0.29, 0.717) is 0 Å². The molecule has 0 atom stereocenters. The highest BCUT2D eigenvalue weighted by molar-refractivity contribution is 6.45. The van der Waals surface area contributed by atoms with Crippen LogP contribution in [0.5, 0.6) is 0 Å². The highest BCUT2D eigenvalue weighted by Crippen LogP contribution is 2.20. The average molecular weight is 320 g/mol. The van der Waals surface area contributed by atoms with E-state index < -0.39 is 23.3 Å². The van der Waals surface area contributed by atoms with Gasteiger partial charge in [-0.3, -0.25) is 16.2 Å². The molecule has 1 aromatic rings. The molecule has 1 amide bonds. The Morgan fingerprint density at radius 1 is 1.48 bits per heavy atom. The third-order valence-corrected chi connectivity index (χ3v) is 2.26. The number of hydrogen-bond acceptors (Lipinski definition) is 6. The first-order valence-electron chi connectivity index (χ1n) is 6.50. The maximum atomic E-state index is 13.7. The summed E-state index contributed by atoms with van der Waals surface area (Å²) in [7, 11) is 0. The molecule has 1 aromatic carbocycles. The van der Waals surface area contributed by atoms with Crippen LogP contribution < -0.4 is 16.5 Å². The Kier molecular flexibility index (Phi) is 5.62. The van der Waals surface area contributed by atoms with E-state index in [-0.39, 0.29) is 17.1 Å². The number of nitrogens with zero attached hydrogens (tertiary/aromatic N) is 2. The molecule has 122 valence electrons. The number of anilines is 2. The largest absolute Gasteiger partial charge is 0.444 e. The average Bonchev–Trinajstić information content (AvgIpc) is 2.40. The zero-order chi connectivity index (χ0) is 17.6. The molecule has 0 saturated carbocycles. The SMILES string of the molecule is CC(C)(C)OC(=O)Nc1cc(N/N=C(\C#N)C(=N)N)ccc1F. The second kappa shape index (κ2) is 7.22. The van der Waals surface area contributed by atoms with Gasteiger partial charge in [-0.1, -0.05) is 0 Å². The molecule has 0 spiro atoms. The van der Waals surface area contributed by atoms with E-state index in [1.165, 1.54) is 12.1 Å². The van der Waals surface area contributed by atoms with Crippen molar-refractivity contribution < 1.29 is 13.9 Å². The van der Waals surface area contributed by atoms with E-state index in [2.05, 4.69) is 15.8 Å². The minimum atomic E-state index is -0.807. The van der Waals surface area contributed by atoms with Crippen molar-refractivity contribution in [2.24, 2.45) is 10.8 Å². The maximum Gasteiger partial charge on any atom is 0.412 e. The van der Waals surface area contributed by atoms with Crippen molar-refractivity contribution in [3.05, 3.63) is 24.0 Å². The predicted molar refractivity (Wildman–Crippen MR) is 84.8 cm³/mol. The predicted octanol–water partition coefficient (Wildman–Crippen LogP) is 2.40. The number of carbonyl (C=O) groups is 1. The Balaban J connectivity index is 2.90. The van der Waals surface area contributed by atoms with Gasteiger partial charge in [-0.15, -0.1) is 0 Å². The van der Waals surface area contributed by atoms with E-state index in [0.717, 1.165) is 6.07 Å². The number of nitrogens with two attached hydrogens (primary N) is 1. The highest BCUT2D eigenvalue weighted by Gasteiger charge is 2.17. The molecule has 0 unspecified atom stereocenters. The Morgan fingerprint density at radius 2 is 2.13 bits per heavy atom. The molecule has 1 rings (SSSR count). The monoisotopic (exact) mass is 320 g/mol. The summed E-state index contributed by atoms with van der Waals surface area (Å²) < 4.78 is 18.7. The summed E-state index contributed by atoms with van der Waals surface area (Å²) in [5.74, 6) is -1.17. The van der Waals surface area contributed by atoms with Crippen LogP contribution in [0.2, 0.25) is 0 Å². The number of carbonyl (C=O) groups excluding carboxylic acids is 1. The highest BCUT2D eigenvalue weighted by atomic mass is 19.1. The molecular weight excluding hydrogens is 303 g/mol. The standard InChI is InChI=1S/C14H17FN6O2/c1-14(2,3)23-13(22)19-10-6-8(4-5-9(10)15)20-21-11(7-16)12(17)18/h4-6,20H,1-3H3,(H3,17,18)(H,19,22)/b21-11+. The molecule has 0 aliphatic heterocycles. The lowest BCUT2D eigenvalue weighted by molar-refractivity contribution is 0.0635. The summed E-state index contributed by atoms with van der Waals surface area (Å²) in [6, 6.07) is 5.33. The molecular formula is C14H17FN6O2. The second-order valence-corrected chi connectivity index (χ2v) is 5.42. The van der Waals surface area contributed by atoms with Gasteiger partial charge in [0.25, 0.3) is 0 Å². The molecule has 23 heavy (non-hydrogen) atoms. The number of amidine groups is 1. The number of hydrogen-bond donors (Lipinski definition) is 4. The quantitative estimate of drug-likeness (QED) is 0.383. The van der Waals surface area contributed by atoms with Crippen LogP contribution in [0.3, 0.4) is 0 Å². The van der Waals surface area contributed by atoms with E-state index in [1.807, 2.05) is 0 Å². The van der Waals surface area contributed by atoms with Crippen LogP contribution in [0.1, 0.15) is 20.8 Å². The Labute approximate surface area is 132 Å². The van der Waals surface area contributed by atoms with Crippen molar-refractivity contribution in [1.29, 1.82) is 10.7 Å². The van der Waals surface area contributed by atoms with Crippen molar-refractivity contribution in [2.75, 3.05) is 10.7 Å². The van der Waals surface area contributed by atoms with E-state index in [9.17, 15) is 9.18 Å². The summed E-state index contributed by atoms with van der Waals surface area (Å²) in [5, 5.41) is 21.7. The van der Waals surface area contributed by atoms with E-state index in [1.54, 1.807) is 26.8 Å². The van der Waals surface area contributed by atoms with Gasteiger partial charge in [0, 0.05) is 0 Å². The topological polar surface area (TPSA) is 136 Å². The summed E-state index contributed by atoms with van der Waals surface area (Å²) in [5.41, 5.74) is 6.72. The van der Waals surface area contributed by atoms with Crippen LogP contribution >= 0.6 is 0 Å². The first kappa shape index (κ1) is 17.9. The number of amides is 1. The Bertz CT molecular complexity index is 687. The minimum Gasteiger partial charge on any atom is -0.444 e. The smallest absolute Gasteiger partial charge is 0.412 e. The molecule has 0 saturated heterocycles. The number of rotatable bonds is 4. The number of nitriles is 1. The molecule has 0 heterocycles. The Hall–Kier alpha value is -3.15. The molecule has 0 radical (unpaired) electrons. The normalized spacial score (nSPS) is 11.3. The van der Waals surface area contributed by atoms with E-state index >= 15 is 0 Å². The van der Waals surface area contributed by atoms with Crippen LogP contribution in [0.15, 0.2) is 23.3 Å². The lowest BCUT2D eigenvalue weighted by atomic mass is 10.2. The van der Waals surface area contributed by atoms with Crippen molar-refractivity contribution in [2.45, 2.75) is 26.4 Å². The number of nitrogens with one attached hydrogen (secondary N) is 3. The third-order valence-electron chi connectivity index (χ3n) is 2.26. The summed E-state index contributed by atoms with van der Waals surface area (Å²) in [4.78, 5) is 11.7. The van der Waals surface area contributed by atoms with Gasteiger partial charge < -0.3 is 10.5 Å². The van der Waals surface area contributed by atoms with Gasteiger partial charge >= 0.3 is 6.09 Å². The minimum absolute atomic E-state index is 0.124. The molecule has 0 bridgehead atoms. The van der Waals surface area contributed by atoms with Crippen LogP contribution in [0.4, 0.5) is 20.6 Å². The molecule has 0 fully saturated rings. The van der Waals surface area contributed by atoms with E-state index in [4.69, 9.17) is 21.1 Å². The van der Waals surface area contributed by atoms with Gasteiger partial charge in [-0.2, -0.15) is 10.4 Å². The summed E-state index contributed by atoms with van der Waals surface area (Å²) >= 11 is 0. The number of hydrazone groups is 1. The van der Waals surface area contributed by atoms with Crippen molar-refractivity contribution in [3.8, 4) is 6.07 Å². The fourth-order valence-corrected chi connectivity index (χ4v) is 1.37. The van der Waals surface area contributed by atoms with Crippen molar-refractivity contribution >= 4 is 29.0 Å². The van der Waals surface area contributed by atoms with Crippen LogP contribution in [0, 0.1) is 22.6 Å². The van der Waals surface area contributed by atoms with Gasteiger partial charge in [-0.25, -0.2) is 9.18 Å². The number of halogens is 1. The van der Waals surface area contributed by atoms with Gasteiger partial charge in [0.2, 0.25) is 5.71 Å². The lowest BCUT2D eigenvalue weighted by Crippen LogP contribution is -2.27. The number of ether oxygens (including phenoxy) is 1. The first-order valence-corrected chi connectivity index (χ1v) is 6.50. The molecule has 9 heteroatoms. The van der Waals surface area contributed by atoms with Crippen molar-refractivity contribution in [3.63, 3.8) is 0 Å². The third kappa shape index (κ3) is 6.01. The molecule has 0 aliphatic carbocycles. The zero-order valence-electron chi connectivity index (χ0n) is 12.9. The maximum absolute atomic E-state index is 13.7. The summed E-state index contributed by atoms with van der Waals surface area (Å²) in [6.07, 6.45) is -0.807. The first-order chi connectivity index (χ1) is 10.6. The fraction of sp³-hybridized carbons (Fsp3) is 0.286.